The van der Waals surface area contributed by atoms with Crippen molar-refractivity contribution in [3.8, 4) is 0 Å². The van der Waals surface area contributed by atoms with E-state index in [1.54, 1.807) is 48.5 Å². The molecule has 0 spiro atoms. The lowest BCUT2D eigenvalue weighted by molar-refractivity contribution is -0.140. The number of aryl methyl sites for hydroxylation is 1. The van der Waals surface area contributed by atoms with Gasteiger partial charge in [-0.25, -0.2) is 8.42 Å². The Kier molecular flexibility index (Phi) is 11.5. The summed E-state index contributed by atoms with van der Waals surface area (Å²) in [5.41, 5.74) is 1.88. The Hall–Kier alpha value is -3.07. The second-order valence-electron chi connectivity index (χ2n) is 10.8. The minimum atomic E-state index is -4.13. The average Bonchev–Trinajstić information content (AvgIpc) is 3.02. The third kappa shape index (κ3) is 8.11. The Balaban J connectivity index is 1.73. The maximum absolute atomic E-state index is 14.3. The molecule has 0 saturated heterocycles. The number of carbonyl (C=O) groups is 2. The summed E-state index contributed by atoms with van der Waals surface area (Å²) in [6.45, 7) is 3.28. The van der Waals surface area contributed by atoms with E-state index in [2.05, 4.69) is 5.32 Å². The Bertz CT molecular complexity index is 1470. The van der Waals surface area contributed by atoms with Crippen molar-refractivity contribution in [3.05, 3.63) is 94.0 Å². The quantitative estimate of drug-likeness (QED) is 0.230. The van der Waals surface area contributed by atoms with E-state index in [4.69, 9.17) is 23.2 Å². The van der Waals surface area contributed by atoms with Crippen LogP contribution in [-0.4, -0.2) is 43.8 Å². The fourth-order valence-corrected chi connectivity index (χ4v) is 7.42. The molecule has 4 rings (SSSR count). The van der Waals surface area contributed by atoms with E-state index in [1.807, 2.05) is 26.0 Å². The van der Waals surface area contributed by atoms with Gasteiger partial charge in [0.15, 0.2) is 0 Å². The molecule has 1 aliphatic rings. The summed E-state index contributed by atoms with van der Waals surface area (Å²) in [6, 6.07) is 19.4. The van der Waals surface area contributed by atoms with Crippen LogP contribution in [0, 0.1) is 0 Å². The summed E-state index contributed by atoms with van der Waals surface area (Å²) in [4.78, 5) is 29.5. The van der Waals surface area contributed by atoms with E-state index in [0.29, 0.717) is 27.7 Å². The number of nitrogens with zero attached hydrogens (tertiary/aromatic N) is 2. The van der Waals surface area contributed by atoms with Crippen LogP contribution in [0.4, 0.5) is 5.69 Å². The predicted molar refractivity (Wildman–Crippen MR) is 173 cm³/mol. The molecule has 2 amide bonds. The molecule has 0 radical (unpaired) electrons. The first kappa shape index (κ1) is 32.8. The van der Waals surface area contributed by atoms with E-state index in [0.717, 1.165) is 48.4 Å². The highest BCUT2D eigenvalue weighted by molar-refractivity contribution is 7.92. The number of anilines is 1. The molecule has 0 bridgehead atoms. The monoisotopic (exact) mass is 643 g/mol. The molecule has 1 N–H and O–H groups in total. The van der Waals surface area contributed by atoms with Crippen LogP contribution in [0.5, 0.6) is 0 Å². The summed E-state index contributed by atoms with van der Waals surface area (Å²) in [5.74, 6) is -0.809. The number of hydrogen-bond acceptors (Lipinski definition) is 4. The Morgan fingerprint density at radius 3 is 2.09 bits per heavy atom. The number of carbonyl (C=O) groups excluding carboxylic acids is 2. The zero-order valence-corrected chi connectivity index (χ0v) is 27.0. The van der Waals surface area contributed by atoms with Crippen LogP contribution in [-0.2, 0) is 32.6 Å². The minimum Gasteiger partial charge on any atom is -0.352 e. The first-order chi connectivity index (χ1) is 20.6. The minimum absolute atomic E-state index is 0.0446. The van der Waals surface area contributed by atoms with Gasteiger partial charge >= 0.3 is 0 Å². The zero-order chi connectivity index (χ0) is 31.0. The molecular formula is C33H39Cl2N3O4S. The smallest absolute Gasteiger partial charge is 0.264 e. The van der Waals surface area contributed by atoms with Crippen molar-refractivity contribution >= 4 is 50.7 Å². The van der Waals surface area contributed by atoms with Crippen molar-refractivity contribution in [3.63, 3.8) is 0 Å². The van der Waals surface area contributed by atoms with Gasteiger partial charge in [-0.2, -0.15) is 0 Å². The van der Waals surface area contributed by atoms with Gasteiger partial charge in [0.25, 0.3) is 10.0 Å². The second-order valence-corrected chi connectivity index (χ2v) is 13.5. The van der Waals surface area contributed by atoms with Crippen molar-refractivity contribution in [1.29, 1.82) is 0 Å². The highest BCUT2D eigenvalue weighted by atomic mass is 35.5. The van der Waals surface area contributed by atoms with Crippen molar-refractivity contribution < 1.29 is 18.0 Å². The van der Waals surface area contributed by atoms with Crippen LogP contribution in [0.1, 0.15) is 63.5 Å². The van der Waals surface area contributed by atoms with Gasteiger partial charge in [-0.1, -0.05) is 92.7 Å². The molecule has 7 nitrogen and oxygen atoms in total. The molecule has 0 heterocycles. The molecule has 43 heavy (non-hydrogen) atoms. The standard InChI is InChI=1S/C33H39Cl2N3O4S/c1-3-24-18-20-26(21-19-24)38(43(41,42)27-14-9-6-10-15-27)23-32(39)37(22-28-29(34)16-11-17-30(28)35)31(4-2)33(40)36-25-12-7-5-8-13-25/h6,9-11,14-21,25,31H,3-5,7-8,12-13,22-23H2,1-2H3,(H,36,40)/t31-/m1/s1. The topological polar surface area (TPSA) is 86.8 Å². The van der Waals surface area contributed by atoms with Gasteiger partial charge in [0.1, 0.15) is 12.6 Å². The molecular weight excluding hydrogens is 605 g/mol. The molecule has 3 aromatic rings. The SMILES string of the molecule is CCc1ccc(N(CC(=O)N(Cc2c(Cl)cccc2Cl)[C@H](CC)C(=O)NC2CCCCC2)S(=O)(=O)c2ccccc2)cc1. The average molecular weight is 645 g/mol. The maximum atomic E-state index is 14.3. The molecule has 0 unspecified atom stereocenters. The van der Waals surface area contributed by atoms with Gasteiger partial charge in [-0.05, 0) is 67.6 Å². The van der Waals surface area contributed by atoms with Gasteiger partial charge in [0.05, 0.1) is 10.6 Å². The summed E-state index contributed by atoms with van der Waals surface area (Å²) >= 11 is 13.0. The third-order valence-corrected chi connectivity index (χ3v) is 10.5. The zero-order valence-electron chi connectivity index (χ0n) is 24.6. The van der Waals surface area contributed by atoms with Crippen LogP contribution >= 0.6 is 23.2 Å². The summed E-state index contributed by atoms with van der Waals surface area (Å²) < 4.78 is 29.1. The highest BCUT2D eigenvalue weighted by Crippen LogP contribution is 2.29. The van der Waals surface area contributed by atoms with Crippen LogP contribution in [0.25, 0.3) is 0 Å². The number of sulfonamides is 1. The molecule has 0 aromatic heterocycles. The maximum Gasteiger partial charge on any atom is 0.264 e. The molecule has 0 aliphatic heterocycles. The Morgan fingerprint density at radius 1 is 0.884 bits per heavy atom. The van der Waals surface area contributed by atoms with E-state index in [9.17, 15) is 18.0 Å². The summed E-state index contributed by atoms with van der Waals surface area (Å²) in [6.07, 6.45) is 6.12. The van der Waals surface area contributed by atoms with Gasteiger partial charge < -0.3 is 10.2 Å². The molecule has 1 atom stereocenters. The van der Waals surface area contributed by atoms with E-state index in [1.165, 1.54) is 17.0 Å². The van der Waals surface area contributed by atoms with Gasteiger partial charge in [-0.15, -0.1) is 0 Å². The molecule has 1 saturated carbocycles. The second kappa shape index (κ2) is 15.1. The van der Waals surface area contributed by atoms with Crippen molar-refractivity contribution in [2.24, 2.45) is 0 Å². The van der Waals surface area contributed by atoms with Crippen LogP contribution in [0.2, 0.25) is 10.0 Å². The van der Waals surface area contributed by atoms with Crippen molar-refractivity contribution in [1.82, 2.24) is 10.2 Å². The Labute approximate surface area is 265 Å². The first-order valence-corrected chi connectivity index (χ1v) is 17.0. The van der Waals surface area contributed by atoms with E-state index >= 15 is 0 Å². The van der Waals surface area contributed by atoms with Crippen molar-refractivity contribution in [2.45, 2.75) is 82.3 Å². The van der Waals surface area contributed by atoms with Crippen LogP contribution in [0.15, 0.2) is 77.7 Å². The number of nitrogens with one attached hydrogen (secondary N) is 1. The predicted octanol–water partition coefficient (Wildman–Crippen LogP) is 7.01. The number of amides is 2. The molecule has 1 aliphatic carbocycles. The lowest BCUT2D eigenvalue weighted by atomic mass is 9.95. The lowest BCUT2D eigenvalue weighted by Gasteiger charge is -2.34. The summed E-state index contributed by atoms with van der Waals surface area (Å²) in [7, 11) is -4.13. The number of benzene rings is 3. The normalized spacial score (nSPS) is 14.6. The number of hydrogen-bond donors (Lipinski definition) is 1. The summed E-state index contributed by atoms with van der Waals surface area (Å²) in [5, 5.41) is 3.86. The van der Waals surface area contributed by atoms with Crippen molar-refractivity contribution in [2.75, 3.05) is 10.8 Å². The fraction of sp³-hybridized carbons (Fsp3) is 0.394. The highest BCUT2D eigenvalue weighted by Gasteiger charge is 2.35. The number of halogens is 2. The largest absolute Gasteiger partial charge is 0.352 e. The van der Waals surface area contributed by atoms with Crippen LogP contribution in [0.3, 0.4) is 0 Å². The van der Waals surface area contributed by atoms with E-state index < -0.39 is 28.5 Å². The fourth-order valence-electron chi connectivity index (χ4n) is 5.46. The lowest BCUT2D eigenvalue weighted by Crippen LogP contribution is -2.54. The molecule has 230 valence electrons. The van der Waals surface area contributed by atoms with Gasteiger partial charge in [0.2, 0.25) is 11.8 Å². The molecule has 3 aromatic carbocycles. The Morgan fingerprint density at radius 2 is 1.51 bits per heavy atom. The first-order valence-electron chi connectivity index (χ1n) is 14.8. The van der Waals surface area contributed by atoms with Crippen LogP contribution < -0.4 is 9.62 Å². The van der Waals surface area contributed by atoms with Gasteiger partial charge in [-0.3, -0.25) is 13.9 Å². The van der Waals surface area contributed by atoms with E-state index in [-0.39, 0.29) is 23.4 Å². The molecule has 10 heteroatoms. The third-order valence-electron chi connectivity index (χ3n) is 7.97. The molecule has 1 fully saturated rings. The number of rotatable bonds is 12. The van der Waals surface area contributed by atoms with Gasteiger partial charge in [0, 0.05) is 28.2 Å².